The van der Waals surface area contributed by atoms with Gasteiger partial charge in [-0.15, -0.1) is 0 Å². The maximum atomic E-state index is 5.79. The third-order valence-corrected chi connectivity index (χ3v) is 4.80. The number of nitrogens with zero attached hydrogens (tertiary/aromatic N) is 1. The fourth-order valence-electron chi connectivity index (χ4n) is 3.78. The van der Waals surface area contributed by atoms with Crippen molar-refractivity contribution in [2.24, 2.45) is 23.5 Å². The zero-order chi connectivity index (χ0) is 10.0. The van der Waals surface area contributed by atoms with E-state index in [1.807, 2.05) is 0 Å². The summed E-state index contributed by atoms with van der Waals surface area (Å²) in [5.41, 5.74) is 6.48. The molecule has 0 aromatic rings. The fraction of sp³-hybridized carbons (Fsp3) is 1.00. The van der Waals surface area contributed by atoms with Gasteiger partial charge in [0.15, 0.2) is 0 Å². The minimum absolute atomic E-state index is 0.345. The third-order valence-electron chi connectivity index (χ3n) is 4.80. The summed E-state index contributed by atoms with van der Waals surface area (Å²) >= 11 is 0. The van der Waals surface area contributed by atoms with Gasteiger partial charge >= 0.3 is 0 Å². The monoisotopic (exact) mass is 182 g/mol. The molecule has 1 aliphatic carbocycles. The molecule has 76 valence electrons. The van der Waals surface area contributed by atoms with Crippen LogP contribution in [0.2, 0.25) is 0 Å². The molecule has 0 radical (unpaired) electrons. The number of likely N-dealkylation sites (tertiary alicyclic amines) is 1. The molecule has 2 aliphatic rings. The van der Waals surface area contributed by atoms with Gasteiger partial charge in [0.05, 0.1) is 0 Å². The second kappa shape index (κ2) is 2.29. The number of nitrogens with two attached hydrogens (primary N) is 1. The van der Waals surface area contributed by atoms with Crippen LogP contribution >= 0.6 is 0 Å². The van der Waals surface area contributed by atoms with Crippen molar-refractivity contribution < 1.29 is 0 Å². The van der Waals surface area contributed by atoms with Gasteiger partial charge in [0.1, 0.15) is 0 Å². The summed E-state index contributed by atoms with van der Waals surface area (Å²) in [5.74, 6) is 2.44. The summed E-state index contributed by atoms with van der Waals surface area (Å²) in [5, 5.41) is 0. The zero-order valence-electron chi connectivity index (χ0n) is 9.46. The third kappa shape index (κ3) is 0.909. The maximum absolute atomic E-state index is 5.79. The largest absolute Gasteiger partial charge is 0.330 e. The molecular weight excluding hydrogens is 160 g/mol. The minimum Gasteiger partial charge on any atom is -0.330 e. The van der Waals surface area contributed by atoms with Crippen molar-refractivity contribution in [3.8, 4) is 0 Å². The maximum Gasteiger partial charge on any atom is 0.0190 e. The fourth-order valence-corrected chi connectivity index (χ4v) is 3.78. The summed E-state index contributed by atoms with van der Waals surface area (Å²) in [6.07, 6.45) is 0. The predicted octanol–water partition coefficient (Wildman–Crippen LogP) is 1.31. The Morgan fingerprint density at radius 3 is 1.77 bits per heavy atom. The normalized spacial score (nSPS) is 46.2. The Morgan fingerprint density at radius 1 is 1.08 bits per heavy atom. The van der Waals surface area contributed by atoms with E-state index in [9.17, 15) is 0 Å². The van der Waals surface area contributed by atoms with Gasteiger partial charge in [0.25, 0.3) is 0 Å². The Balaban J connectivity index is 2.30. The molecule has 0 bridgehead atoms. The van der Waals surface area contributed by atoms with Crippen LogP contribution in [0.3, 0.4) is 0 Å². The average Bonchev–Trinajstić information content (AvgIpc) is 2.73. The van der Waals surface area contributed by atoms with E-state index >= 15 is 0 Å². The topological polar surface area (TPSA) is 29.3 Å². The summed E-state index contributed by atoms with van der Waals surface area (Å²) in [6, 6.07) is 0. The summed E-state index contributed by atoms with van der Waals surface area (Å²) < 4.78 is 0. The Bertz CT molecular complexity index is 210. The van der Waals surface area contributed by atoms with E-state index in [0.29, 0.717) is 11.1 Å². The molecule has 0 amide bonds. The van der Waals surface area contributed by atoms with Crippen LogP contribution in [-0.4, -0.2) is 29.6 Å². The first-order valence-electron chi connectivity index (χ1n) is 5.29. The standard InChI is InChI=1S/C11H22N2/c1-10(2)8-7(6-12)9(8)11(3,4)13(10)5/h7-9H,6,12H2,1-5H3/t7?,8-,9+. The molecule has 13 heavy (non-hydrogen) atoms. The first-order chi connectivity index (χ1) is 5.85. The van der Waals surface area contributed by atoms with Crippen molar-refractivity contribution in [3.63, 3.8) is 0 Å². The van der Waals surface area contributed by atoms with E-state index in [1.165, 1.54) is 0 Å². The van der Waals surface area contributed by atoms with Gasteiger partial charge < -0.3 is 5.73 Å². The number of piperidine rings is 1. The van der Waals surface area contributed by atoms with Crippen LogP contribution in [0, 0.1) is 17.8 Å². The van der Waals surface area contributed by atoms with Gasteiger partial charge in [0.2, 0.25) is 0 Å². The van der Waals surface area contributed by atoms with Crippen LogP contribution in [0.1, 0.15) is 27.7 Å². The first-order valence-corrected chi connectivity index (χ1v) is 5.29. The summed E-state index contributed by atoms with van der Waals surface area (Å²) in [6.45, 7) is 10.3. The molecule has 3 atom stereocenters. The molecule has 0 aromatic heterocycles. The lowest BCUT2D eigenvalue weighted by Crippen LogP contribution is -2.51. The smallest absolute Gasteiger partial charge is 0.0190 e. The Hall–Kier alpha value is -0.0800. The van der Waals surface area contributed by atoms with E-state index < -0.39 is 0 Å². The van der Waals surface area contributed by atoms with E-state index in [0.717, 1.165) is 24.3 Å². The SMILES string of the molecule is CN1C(C)(C)[C@@H]2C(CN)[C@@H]2C1(C)C. The van der Waals surface area contributed by atoms with Crippen LogP contribution in [0.4, 0.5) is 0 Å². The molecule has 2 N–H and O–H groups in total. The van der Waals surface area contributed by atoms with Crippen LogP contribution < -0.4 is 5.73 Å². The van der Waals surface area contributed by atoms with Gasteiger partial charge in [-0.3, -0.25) is 4.90 Å². The quantitative estimate of drug-likeness (QED) is 0.662. The van der Waals surface area contributed by atoms with Crippen molar-refractivity contribution in [1.82, 2.24) is 4.90 Å². The lowest BCUT2D eigenvalue weighted by atomic mass is 9.93. The highest BCUT2D eigenvalue weighted by Gasteiger charge is 2.70. The molecule has 1 aliphatic heterocycles. The van der Waals surface area contributed by atoms with Gasteiger partial charge in [-0.2, -0.15) is 0 Å². The Kier molecular flexibility index (Phi) is 1.67. The molecule has 1 saturated heterocycles. The first kappa shape index (κ1) is 9.47. The van der Waals surface area contributed by atoms with E-state index in [-0.39, 0.29) is 0 Å². The van der Waals surface area contributed by atoms with Gasteiger partial charge in [-0.05, 0) is 59.0 Å². The lowest BCUT2D eigenvalue weighted by Gasteiger charge is -2.42. The van der Waals surface area contributed by atoms with Crippen LogP contribution in [-0.2, 0) is 0 Å². The number of hydrogen-bond acceptors (Lipinski definition) is 2. The molecular formula is C11H22N2. The molecule has 2 heteroatoms. The average molecular weight is 182 g/mol. The van der Waals surface area contributed by atoms with Crippen molar-refractivity contribution in [2.75, 3.05) is 13.6 Å². The Labute approximate surface area is 81.5 Å². The zero-order valence-corrected chi connectivity index (χ0v) is 9.46. The molecule has 1 unspecified atom stereocenters. The summed E-state index contributed by atoms with van der Waals surface area (Å²) in [7, 11) is 2.25. The number of fused-ring (bicyclic) bond motifs is 1. The van der Waals surface area contributed by atoms with E-state index in [4.69, 9.17) is 5.73 Å². The number of hydrogen-bond donors (Lipinski definition) is 1. The van der Waals surface area contributed by atoms with Crippen molar-refractivity contribution in [1.29, 1.82) is 0 Å². The van der Waals surface area contributed by atoms with Crippen molar-refractivity contribution in [3.05, 3.63) is 0 Å². The molecule has 2 fully saturated rings. The minimum atomic E-state index is 0.345. The second-order valence-electron chi connectivity index (χ2n) is 5.82. The highest BCUT2D eigenvalue weighted by molar-refractivity contribution is 5.23. The molecule has 1 saturated carbocycles. The highest BCUT2D eigenvalue weighted by atomic mass is 15.3. The molecule has 0 spiro atoms. The molecule has 2 nitrogen and oxygen atoms in total. The van der Waals surface area contributed by atoms with Crippen LogP contribution in [0.15, 0.2) is 0 Å². The predicted molar refractivity (Wildman–Crippen MR) is 55.4 cm³/mol. The summed E-state index contributed by atoms with van der Waals surface area (Å²) in [4.78, 5) is 2.53. The molecule has 0 aromatic carbocycles. The van der Waals surface area contributed by atoms with Gasteiger partial charge in [0, 0.05) is 11.1 Å². The van der Waals surface area contributed by atoms with Crippen molar-refractivity contribution in [2.45, 2.75) is 38.8 Å². The van der Waals surface area contributed by atoms with Gasteiger partial charge in [-0.1, -0.05) is 0 Å². The number of rotatable bonds is 1. The second-order valence-corrected chi connectivity index (χ2v) is 5.82. The van der Waals surface area contributed by atoms with E-state index in [1.54, 1.807) is 0 Å². The Morgan fingerprint density at radius 2 is 1.46 bits per heavy atom. The van der Waals surface area contributed by atoms with Crippen LogP contribution in [0.25, 0.3) is 0 Å². The van der Waals surface area contributed by atoms with E-state index in [2.05, 4.69) is 39.6 Å². The van der Waals surface area contributed by atoms with Crippen LogP contribution in [0.5, 0.6) is 0 Å². The van der Waals surface area contributed by atoms with Crippen molar-refractivity contribution >= 4 is 0 Å². The lowest BCUT2D eigenvalue weighted by molar-refractivity contribution is 0.0626. The van der Waals surface area contributed by atoms with Gasteiger partial charge in [-0.25, -0.2) is 0 Å². The highest BCUT2D eigenvalue weighted by Crippen LogP contribution is 2.66. The molecule has 1 heterocycles. The molecule has 2 rings (SSSR count).